The van der Waals surface area contributed by atoms with Gasteiger partial charge in [-0.3, -0.25) is 4.79 Å². The molecule has 96 valence electrons. The third kappa shape index (κ3) is 2.72. The Bertz CT molecular complexity index is 497. The molecule has 0 spiro atoms. The van der Waals surface area contributed by atoms with Gasteiger partial charge in [-0.2, -0.15) is 0 Å². The maximum atomic E-state index is 12.1. The van der Waals surface area contributed by atoms with Crippen LogP contribution in [-0.4, -0.2) is 23.0 Å². The van der Waals surface area contributed by atoms with Gasteiger partial charge in [-0.15, -0.1) is 0 Å². The molecule has 1 aliphatic carbocycles. The largest absolute Gasteiger partial charge is 0.480 e. The molecule has 2 N–H and O–H groups in total. The van der Waals surface area contributed by atoms with E-state index in [0.717, 1.165) is 22.9 Å². The summed E-state index contributed by atoms with van der Waals surface area (Å²) in [5, 5.41) is 11.7. The van der Waals surface area contributed by atoms with Gasteiger partial charge in [0.15, 0.2) is 0 Å². The first kappa shape index (κ1) is 13.1. The lowest BCUT2D eigenvalue weighted by Gasteiger charge is -2.15. The van der Waals surface area contributed by atoms with Crippen molar-refractivity contribution in [1.29, 1.82) is 0 Å². The molecule has 5 heteroatoms. The molecule has 4 nitrogen and oxygen atoms in total. The summed E-state index contributed by atoms with van der Waals surface area (Å²) in [6.45, 7) is 1.83. The van der Waals surface area contributed by atoms with Crippen molar-refractivity contribution in [2.24, 2.45) is 5.92 Å². The third-order valence-corrected chi connectivity index (χ3v) is 4.02. The van der Waals surface area contributed by atoms with Crippen LogP contribution in [0.5, 0.6) is 0 Å². The molecule has 1 aromatic carbocycles. The summed E-state index contributed by atoms with van der Waals surface area (Å²) >= 11 is 3.35. The summed E-state index contributed by atoms with van der Waals surface area (Å²) in [6, 6.07) is 4.54. The molecule has 0 aromatic heterocycles. The minimum atomic E-state index is -0.960. The Morgan fingerprint density at radius 2 is 2.11 bits per heavy atom. The van der Waals surface area contributed by atoms with Crippen molar-refractivity contribution in [2.75, 3.05) is 0 Å². The highest BCUT2D eigenvalue weighted by Crippen LogP contribution is 2.33. The lowest BCUT2D eigenvalue weighted by Crippen LogP contribution is -2.42. The van der Waals surface area contributed by atoms with Crippen LogP contribution in [0.25, 0.3) is 0 Å². The summed E-state index contributed by atoms with van der Waals surface area (Å²) in [6.07, 6.45) is 1.74. The fourth-order valence-electron chi connectivity index (χ4n) is 1.88. The fraction of sp³-hybridized carbons (Fsp3) is 0.385. The van der Waals surface area contributed by atoms with E-state index in [0.29, 0.717) is 5.56 Å². The number of amides is 1. The number of benzene rings is 1. The summed E-state index contributed by atoms with van der Waals surface area (Å²) in [5.74, 6) is -1.20. The van der Waals surface area contributed by atoms with Crippen molar-refractivity contribution >= 4 is 27.8 Å². The van der Waals surface area contributed by atoms with Crippen molar-refractivity contribution in [1.82, 2.24) is 5.32 Å². The minimum Gasteiger partial charge on any atom is -0.480 e. The van der Waals surface area contributed by atoms with Crippen LogP contribution in [0.3, 0.4) is 0 Å². The van der Waals surface area contributed by atoms with Crippen LogP contribution in [0.2, 0.25) is 0 Å². The van der Waals surface area contributed by atoms with E-state index >= 15 is 0 Å². The molecule has 18 heavy (non-hydrogen) atoms. The predicted molar refractivity (Wildman–Crippen MR) is 70.5 cm³/mol. The van der Waals surface area contributed by atoms with E-state index in [4.69, 9.17) is 5.11 Å². The SMILES string of the molecule is Cc1c(Br)cccc1C(=O)NC(C(=O)O)C1CC1. The fourth-order valence-corrected chi connectivity index (χ4v) is 2.25. The number of carbonyl (C=O) groups is 2. The molecule has 1 fully saturated rings. The number of carbonyl (C=O) groups excluding carboxylic acids is 1. The van der Waals surface area contributed by atoms with Gasteiger partial charge in [0, 0.05) is 10.0 Å². The lowest BCUT2D eigenvalue weighted by atomic mass is 10.1. The summed E-state index contributed by atoms with van der Waals surface area (Å²) in [4.78, 5) is 23.1. The van der Waals surface area contributed by atoms with Gasteiger partial charge in [-0.25, -0.2) is 4.79 Å². The van der Waals surface area contributed by atoms with Crippen molar-refractivity contribution < 1.29 is 14.7 Å². The zero-order valence-corrected chi connectivity index (χ0v) is 11.5. The van der Waals surface area contributed by atoms with Crippen molar-refractivity contribution in [3.63, 3.8) is 0 Å². The molecular weight excluding hydrogens is 298 g/mol. The number of carboxylic acid groups (broad SMARTS) is 1. The van der Waals surface area contributed by atoms with Gasteiger partial charge in [0.1, 0.15) is 6.04 Å². The van der Waals surface area contributed by atoms with E-state index in [1.165, 1.54) is 0 Å². The average Bonchev–Trinajstić information content (AvgIpc) is 3.13. The topological polar surface area (TPSA) is 66.4 Å². The lowest BCUT2D eigenvalue weighted by molar-refractivity contribution is -0.139. The molecule has 1 atom stereocenters. The number of halogens is 1. The number of rotatable bonds is 4. The summed E-state index contributed by atoms with van der Waals surface area (Å²) < 4.78 is 0.841. The van der Waals surface area contributed by atoms with Gasteiger partial charge < -0.3 is 10.4 Å². The second-order valence-electron chi connectivity index (χ2n) is 4.54. The third-order valence-electron chi connectivity index (χ3n) is 3.16. The molecule has 1 aromatic rings. The zero-order chi connectivity index (χ0) is 13.3. The highest BCUT2D eigenvalue weighted by molar-refractivity contribution is 9.10. The first-order chi connectivity index (χ1) is 8.50. The number of nitrogens with one attached hydrogen (secondary N) is 1. The van der Waals surface area contributed by atoms with Crippen LogP contribution < -0.4 is 5.32 Å². The Labute approximate surface area is 114 Å². The molecule has 1 saturated carbocycles. The number of hydrogen-bond donors (Lipinski definition) is 2. The van der Waals surface area contributed by atoms with Gasteiger partial charge in [-0.05, 0) is 43.4 Å². The molecular formula is C13H14BrNO3. The normalized spacial score (nSPS) is 16.1. The molecule has 1 aliphatic rings. The van der Waals surface area contributed by atoms with Crippen LogP contribution >= 0.6 is 15.9 Å². The quantitative estimate of drug-likeness (QED) is 0.897. The number of aliphatic carboxylic acids is 1. The standard InChI is InChI=1S/C13H14BrNO3/c1-7-9(3-2-4-10(7)14)12(16)15-11(13(17)18)8-5-6-8/h2-4,8,11H,5-6H2,1H3,(H,15,16)(H,17,18). The highest BCUT2D eigenvalue weighted by atomic mass is 79.9. The molecule has 1 unspecified atom stereocenters. The Balaban J connectivity index is 2.16. The maximum Gasteiger partial charge on any atom is 0.326 e. The van der Waals surface area contributed by atoms with Crippen LogP contribution in [0, 0.1) is 12.8 Å². The van der Waals surface area contributed by atoms with Crippen molar-refractivity contribution in [3.05, 3.63) is 33.8 Å². The van der Waals surface area contributed by atoms with Gasteiger partial charge in [0.05, 0.1) is 0 Å². The molecule has 0 aliphatic heterocycles. The Kier molecular flexibility index (Phi) is 3.71. The van der Waals surface area contributed by atoms with Crippen molar-refractivity contribution in [2.45, 2.75) is 25.8 Å². The van der Waals surface area contributed by atoms with E-state index in [9.17, 15) is 9.59 Å². The maximum absolute atomic E-state index is 12.1. The molecule has 0 radical (unpaired) electrons. The summed E-state index contributed by atoms with van der Waals surface area (Å²) in [7, 11) is 0. The predicted octanol–water partition coefficient (Wildman–Crippen LogP) is 2.35. The summed E-state index contributed by atoms with van der Waals surface area (Å²) in [5.41, 5.74) is 1.33. The van der Waals surface area contributed by atoms with E-state index in [1.54, 1.807) is 12.1 Å². The van der Waals surface area contributed by atoms with Gasteiger partial charge in [0.25, 0.3) is 5.91 Å². The van der Waals surface area contributed by atoms with Gasteiger partial charge >= 0.3 is 5.97 Å². The van der Waals surface area contributed by atoms with E-state index in [2.05, 4.69) is 21.2 Å². The van der Waals surface area contributed by atoms with Crippen LogP contribution in [0.4, 0.5) is 0 Å². The van der Waals surface area contributed by atoms with Crippen LogP contribution in [0.15, 0.2) is 22.7 Å². The Morgan fingerprint density at radius 1 is 1.44 bits per heavy atom. The number of hydrogen-bond acceptors (Lipinski definition) is 2. The number of carboxylic acids is 1. The van der Waals surface area contributed by atoms with E-state index < -0.39 is 12.0 Å². The molecule has 0 bridgehead atoms. The van der Waals surface area contributed by atoms with E-state index in [-0.39, 0.29) is 11.8 Å². The Hall–Kier alpha value is -1.36. The van der Waals surface area contributed by atoms with E-state index in [1.807, 2.05) is 13.0 Å². The molecule has 0 saturated heterocycles. The Morgan fingerprint density at radius 3 is 2.67 bits per heavy atom. The van der Waals surface area contributed by atoms with Crippen LogP contribution in [-0.2, 0) is 4.79 Å². The zero-order valence-electron chi connectivity index (χ0n) is 9.94. The van der Waals surface area contributed by atoms with Gasteiger partial charge in [0.2, 0.25) is 0 Å². The van der Waals surface area contributed by atoms with Crippen molar-refractivity contribution in [3.8, 4) is 0 Å². The molecule has 1 amide bonds. The first-order valence-corrected chi connectivity index (χ1v) is 6.59. The molecule has 2 rings (SSSR count). The average molecular weight is 312 g/mol. The molecule has 0 heterocycles. The second-order valence-corrected chi connectivity index (χ2v) is 5.39. The first-order valence-electron chi connectivity index (χ1n) is 5.79. The highest BCUT2D eigenvalue weighted by Gasteiger charge is 2.37. The smallest absolute Gasteiger partial charge is 0.326 e. The minimum absolute atomic E-state index is 0.0823. The monoisotopic (exact) mass is 311 g/mol. The second kappa shape index (κ2) is 5.10. The van der Waals surface area contributed by atoms with Gasteiger partial charge in [-0.1, -0.05) is 22.0 Å². The van der Waals surface area contributed by atoms with Crippen LogP contribution in [0.1, 0.15) is 28.8 Å².